The Bertz CT molecular complexity index is 457. The van der Waals surface area contributed by atoms with Crippen molar-refractivity contribution in [3.05, 3.63) is 23.5 Å². The molecule has 0 aliphatic carbocycles. The minimum absolute atomic E-state index is 0. The number of rotatable bonds is 6. The second-order valence-corrected chi connectivity index (χ2v) is 4.09. The van der Waals surface area contributed by atoms with Gasteiger partial charge >= 0.3 is 0 Å². The topological polar surface area (TPSA) is 59.6 Å². The highest BCUT2D eigenvalue weighted by Gasteiger charge is 2.17. The highest BCUT2D eigenvalue weighted by Crippen LogP contribution is 2.29. The van der Waals surface area contributed by atoms with Gasteiger partial charge in [0.05, 0.1) is 19.8 Å². The molecular formula is C13H20ClFN2O3. The number of carbonyl (C=O) groups excluding carboxylic acids is 1. The van der Waals surface area contributed by atoms with Gasteiger partial charge in [-0.2, -0.15) is 0 Å². The van der Waals surface area contributed by atoms with Crippen molar-refractivity contribution in [3.63, 3.8) is 0 Å². The number of amides is 1. The molecule has 20 heavy (non-hydrogen) atoms. The third kappa shape index (κ3) is 4.54. The summed E-state index contributed by atoms with van der Waals surface area (Å²) in [5, 5.41) is 5.62. The molecule has 0 spiro atoms. The lowest BCUT2D eigenvalue weighted by molar-refractivity contribution is 0.0946. The van der Waals surface area contributed by atoms with Crippen LogP contribution in [0.1, 0.15) is 17.3 Å². The Balaban J connectivity index is 0.00000361. The first-order valence-corrected chi connectivity index (χ1v) is 5.90. The fourth-order valence-corrected chi connectivity index (χ4v) is 1.47. The lowest BCUT2D eigenvalue weighted by Crippen LogP contribution is -2.37. The SMILES string of the molecule is CNC(C)CNC(=O)c1cc(OC)c(OC)cc1F.Cl. The van der Waals surface area contributed by atoms with Gasteiger partial charge in [-0.05, 0) is 20.0 Å². The smallest absolute Gasteiger partial charge is 0.254 e. The number of ether oxygens (including phenoxy) is 2. The van der Waals surface area contributed by atoms with Crippen molar-refractivity contribution in [1.82, 2.24) is 10.6 Å². The van der Waals surface area contributed by atoms with Crippen LogP contribution in [-0.4, -0.2) is 39.8 Å². The molecule has 1 aromatic carbocycles. The second kappa shape index (κ2) is 8.60. The molecule has 1 amide bonds. The van der Waals surface area contributed by atoms with Crippen molar-refractivity contribution in [3.8, 4) is 11.5 Å². The number of hydrogen-bond acceptors (Lipinski definition) is 4. The number of likely N-dealkylation sites (N-methyl/N-ethyl adjacent to an activating group) is 1. The molecule has 0 aliphatic heterocycles. The van der Waals surface area contributed by atoms with Gasteiger partial charge in [0.15, 0.2) is 11.5 Å². The van der Waals surface area contributed by atoms with Crippen molar-refractivity contribution >= 4 is 18.3 Å². The van der Waals surface area contributed by atoms with Gasteiger partial charge in [0.1, 0.15) is 5.82 Å². The van der Waals surface area contributed by atoms with Gasteiger partial charge in [0, 0.05) is 18.7 Å². The molecule has 0 aromatic heterocycles. The molecule has 1 atom stereocenters. The maximum atomic E-state index is 13.8. The fraction of sp³-hybridized carbons (Fsp3) is 0.462. The van der Waals surface area contributed by atoms with E-state index in [1.165, 1.54) is 20.3 Å². The minimum Gasteiger partial charge on any atom is -0.493 e. The van der Waals surface area contributed by atoms with Crippen LogP contribution in [0.3, 0.4) is 0 Å². The summed E-state index contributed by atoms with van der Waals surface area (Å²) in [6, 6.07) is 2.56. The van der Waals surface area contributed by atoms with Gasteiger partial charge in [0.2, 0.25) is 0 Å². The zero-order valence-corrected chi connectivity index (χ0v) is 12.8. The van der Waals surface area contributed by atoms with E-state index in [-0.39, 0.29) is 29.8 Å². The summed E-state index contributed by atoms with van der Waals surface area (Å²) in [5.74, 6) is -0.566. The van der Waals surface area contributed by atoms with Gasteiger partial charge < -0.3 is 20.1 Å². The standard InChI is InChI=1S/C13H19FN2O3.ClH/c1-8(15-2)7-16-13(17)9-5-11(18-3)12(19-4)6-10(9)14;/h5-6,8,15H,7H2,1-4H3,(H,16,17);1H. The third-order valence-electron chi connectivity index (χ3n) is 2.78. The fourth-order valence-electron chi connectivity index (χ4n) is 1.47. The van der Waals surface area contributed by atoms with Crippen LogP contribution in [0.2, 0.25) is 0 Å². The van der Waals surface area contributed by atoms with Crippen LogP contribution in [-0.2, 0) is 0 Å². The van der Waals surface area contributed by atoms with Gasteiger partial charge in [-0.1, -0.05) is 0 Å². The van der Waals surface area contributed by atoms with Gasteiger partial charge in [0.25, 0.3) is 5.91 Å². The van der Waals surface area contributed by atoms with Gasteiger partial charge in [-0.3, -0.25) is 4.79 Å². The van der Waals surface area contributed by atoms with E-state index >= 15 is 0 Å². The molecule has 2 N–H and O–H groups in total. The Morgan fingerprint density at radius 1 is 1.30 bits per heavy atom. The molecular weight excluding hydrogens is 287 g/mol. The average molecular weight is 307 g/mol. The number of hydrogen-bond donors (Lipinski definition) is 2. The number of benzene rings is 1. The number of methoxy groups -OCH3 is 2. The Kier molecular flexibility index (Phi) is 7.94. The minimum atomic E-state index is -0.646. The van der Waals surface area contributed by atoms with Crippen molar-refractivity contribution in [2.24, 2.45) is 0 Å². The summed E-state index contributed by atoms with van der Waals surface area (Å²) >= 11 is 0. The lowest BCUT2D eigenvalue weighted by Gasteiger charge is -2.13. The summed E-state index contributed by atoms with van der Waals surface area (Å²) in [5.41, 5.74) is -0.0686. The van der Waals surface area contributed by atoms with Crippen LogP contribution in [0.25, 0.3) is 0 Å². The average Bonchev–Trinajstić information content (AvgIpc) is 2.43. The number of carbonyl (C=O) groups is 1. The maximum Gasteiger partial charge on any atom is 0.254 e. The molecule has 114 valence electrons. The van der Waals surface area contributed by atoms with Crippen molar-refractivity contribution < 1.29 is 18.7 Å². The predicted molar refractivity (Wildman–Crippen MR) is 77.6 cm³/mol. The highest BCUT2D eigenvalue weighted by atomic mass is 35.5. The van der Waals surface area contributed by atoms with E-state index in [9.17, 15) is 9.18 Å². The van der Waals surface area contributed by atoms with Crippen LogP contribution in [0.4, 0.5) is 4.39 Å². The van der Waals surface area contributed by atoms with Crippen molar-refractivity contribution in [1.29, 1.82) is 0 Å². The quantitative estimate of drug-likeness (QED) is 0.838. The predicted octanol–water partition coefficient (Wildman–Crippen LogP) is 1.60. The van der Waals surface area contributed by atoms with Crippen LogP contribution < -0.4 is 20.1 Å². The normalized spacial score (nSPS) is 11.2. The number of nitrogens with one attached hydrogen (secondary N) is 2. The van der Waals surface area contributed by atoms with E-state index in [2.05, 4.69) is 10.6 Å². The highest BCUT2D eigenvalue weighted by molar-refractivity contribution is 5.95. The molecule has 0 bridgehead atoms. The number of halogens is 2. The molecule has 5 nitrogen and oxygen atoms in total. The van der Waals surface area contributed by atoms with Crippen molar-refractivity contribution in [2.45, 2.75) is 13.0 Å². The monoisotopic (exact) mass is 306 g/mol. The molecule has 1 unspecified atom stereocenters. The first-order chi connectivity index (χ1) is 9.03. The molecule has 0 radical (unpaired) electrons. The summed E-state index contributed by atoms with van der Waals surface area (Å²) in [6.45, 7) is 2.31. The summed E-state index contributed by atoms with van der Waals surface area (Å²) in [7, 11) is 4.62. The molecule has 0 heterocycles. The lowest BCUT2D eigenvalue weighted by atomic mass is 10.1. The van der Waals surface area contributed by atoms with E-state index in [4.69, 9.17) is 9.47 Å². The third-order valence-corrected chi connectivity index (χ3v) is 2.78. The molecule has 1 aromatic rings. The van der Waals surface area contributed by atoms with Crippen LogP contribution in [0.5, 0.6) is 11.5 Å². The zero-order chi connectivity index (χ0) is 14.4. The largest absolute Gasteiger partial charge is 0.493 e. The first kappa shape index (κ1) is 18.5. The molecule has 7 heteroatoms. The van der Waals surface area contributed by atoms with E-state index in [1.54, 1.807) is 7.05 Å². The Morgan fingerprint density at radius 3 is 2.35 bits per heavy atom. The van der Waals surface area contributed by atoms with Crippen LogP contribution in [0.15, 0.2) is 12.1 Å². The van der Waals surface area contributed by atoms with Crippen LogP contribution in [0, 0.1) is 5.82 Å². The Labute approximate surface area is 124 Å². The van der Waals surface area contributed by atoms with E-state index < -0.39 is 11.7 Å². The first-order valence-electron chi connectivity index (χ1n) is 5.90. The van der Waals surface area contributed by atoms with E-state index in [1.807, 2.05) is 6.92 Å². The van der Waals surface area contributed by atoms with Gasteiger partial charge in [-0.15, -0.1) is 12.4 Å². The Hall–Kier alpha value is -1.53. The summed E-state index contributed by atoms with van der Waals surface area (Å²) in [6.07, 6.45) is 0. The molecule has 0 saturated carbocycles. The van der Waals surface area contributed by atoms with E-state index in [0.29, 0.717) is 12.3 Å². The Morgan fingerprint density at radius 2 is 1.85 bits per heavy atom. The molecule has 0 saturated heterocycles. The molecule has 1 rings (SSSR count). The van der Waals surface area contributed by atoms with E-state index in [0.717, 1.165) is 6.07 Å². The maximum absolute atomic E-state index is 13.8. The summed E-state index contributed by atoms with van der Waals surface area (Å²) in [4.78, 5) is 11.9. The summed E-state index contributed by atoms with van der Waals surface area (Å²) < 4.78 is 23.8. The van der Waals surface area contributed by atoms with Gasteiger partial charge in [-0.25, -0.2) is 4.39 Å². The zero-order valence-electron chi connectivity index (χ0n) is 12.0. The van der Waals surface area contributed by atoms with Crippen LogP contribution >= 0.6 is 12.4 Å². The van der Waals surface area contributed by atoms with Crippen molar-refractivity contribution in [2.75, 3.05) is 27.8 Å². The molecule has 0 fully saturated rings. The second-order valence-electron chi connectivity index (χ2n) is 4.09. The molecule has 0 aliphatic rings.